The zero-order valence-corrected chi connectivity index (χ0v) is 19.8. The minimum absolute atomic E-state index is 0.678. The van der Waals surface area contributed by atoms with Gasteiger partial charge in [-0.2, -0.15) is 0 Å². The van der Waals surface area contributed by atoms with Crippen LogP contribution in [0.2, 0.25) is 0 Å². The van der Waals surface area contributed by atoms with Crippen molar-refractivity contribution in [3.63, 3.8) is 0 Å². The van der Waals surface area contributed by atoms with Crippen molar-refractivity contribution in [2.75, 3.05) is 0 Å². The number of rotatable bonds is 16. The van der Waals surface area contributed by atoms with Crippen LogP contribution >= 0.6 is 11.8 Å². The minimum atomic E-state index is 0.678. The highest BCUT2D eigenvalue weighted by Crippen LogP contribution is 2.57. The van der Waals surface area contributed by atoms with Crippen molar-refractivity contribution in [3.8, 4) is 0 Å². The lowest BCUT2D eigenvalue weighted by Gasteiger charge is -2.40. The zero-order valence-electron chi connectivity index (χ0n) is 19.0. The van der Waals surface area contributed by atoms with Gasteiger partial charge in [-0.1, -0.05) is 117 Å². The average Bonchev–Trinajstić information content (AvgIpc) is 3.32. The topological polar surface area (TPSA) is 0 Å². The van der Waals surface area contributed by atoms with Crippen molar-refractivity contribution in [2.45, 2.75) is 165 Å². The van der Waals surface area contributed by atoms with E-state index in [1.807, 2.05) is 0 Å². The van der Waals surface area contributed by atoms with E-state index in [1.54, 1.807) is 0 Å². The van der Waals surface area contributed by atoms with Gasteiger partial charge in [-0.3, -0.25) is 0 Å². The van der Waals surface area contributed by atoms with Gasteiger partial charge in [0, 0.05) is 9.49 Å². The third-order valence-electron chi connectivity index (χ3n) is 7.43. The molecule has 0 N–H and O–H groups in total. The van der Waals surface area contributed by atoms with E-state index in [4.69, 9.17) is 0 Å². The molecule has 0 aliphatic heterocycles. The Hall–Kier alpha value is 0.350. The third-order valence-corrected chi connectivity index (χ3v) is 9.53. The molecule has 0 bridgehead atoms. The molecule has 160 valence electrons. The van der Waals surface area contributed by atoms with Crippen molar-refractivity contribution >= 4 is 11.8 Å². The lowest BCUT2D eigenvalue weighted by Crippen LogP contribution is -2.31. The SMILES string of the molecule is CCCCCCCCC1(SC2(CCCCCCCC)CCCC2)CCCC1. The van der Waals surface area contributed by atoms with Gasteiger partial charge in [-0.15, -0.1) is 11.8 Å². The molecular weight excluding hydrogens is 344 g/mol. The molecule has 0 heterocycles. The van der Waals surface area contributed by atoms with Gasteiger partial charge in [-0.05, 0) is 38.5 Å². The summed E-state index contributed by atoms with van der Waals surface area (Å²) in [4.78, 5) is 0. The Morgan fingerprint density at radius 2 is 0.815 bits per heavy atom. The summed E-state index contributed by atoms with van der Waals surface area (Å²) in [6.45, 7) is 4.66. The minimum Gasteiger partial charge on any atom is -0.148 e. The standard InChI is InChI=1S/C26H50S/c1-3-5-7-9-11-13-19-25(21-15-16-22-25)27-26(23-17-18-24-26)20-14-12-10-8-6-4-2/h3-24H2,1-2H3. The van der Waals surface area contributed by atoms with Gasteiger partial charge in [-0.25, -0.2) is 0 Å². The summed E-state index contributed by atoms with van der Waals surface area (Å²) in [5.41, 5.74) is 0. The molecule has 0 amide bonds. The first-order valence-corrected chi connectivity index (χ1v) is 13.8. The second kappa shape index (κ2) is 13.6. The smallest absolute Gasteiger partial charge is 0.0165 e. The predicted molar refractivity (Wildman–Crippen MR) is 126 cm³/mol. The van der Waals surface area contributed by atoms with Gasteiger partial charge in [0.15, 0.2) is 0 Å². The maximum atomic E-state index is 2.55. The third kappa shape index (κ3) is 8.71. The molecule has 0 aromatic heterocycles. The highest BCUT2D eigenvalue weighted by Gasteiger charge is 2.44. The number of hydrogen-bond acceptors (Lipinski definition) is 1. The Labute approximate surface area is 176 Å². The van der Waals surface area contributed by atoms with E-state index in [0.717, 1.165) is 0 Å². The molecule has 2 rings (SSSR count). The van der Waals surface area contributed by atoms with Gasteiger partial charge in [0.05, 0.1) is 0 Å². The van der Waals surface area contributed by atoms with Crippen LogP contribution in [0.25, 0.3) is 0 Å². The fraction of sp³-hybridized carbons (Fsp3) is 1.00. The highest BCUT2D eigenvalue weighted by molar-refractivity contribution is 8.02. The van der Waals surface area contributed by atoms with E-state index in [1.165, 1.54) is 141 Å². The molecule has 0 aromatic carbocycles. The molecule has 0 nitrogen and oxygen atoms in total. The fourth-order valence-electron chi connectivity index (χ4n) is 5.76. The molecule has 0 unspecified atom stereocenters. The molecule has 1 heteroatoms. The van der Waals surface area contributed by atoms with Crippen molar-refractivity contribution < 1.29 is 0 Å². The molecule has 2 saturated carbocycles. The normalized spacial score (nSPS) is 21.1. The van der Waals surface area contributed by atoms with Crippen molar-refractivity contribution in [2.24, 2.45) is 0 Å². The number of unbranched alkanes of at least 4 members (excludes halogenated alkanes) is 10. The van der Waals surface area contributed by atoms with E-state index in [0.29, 0.717) is 9.49 Å². The quantitative estimate of drug-likeness (QED) is 0.235. The van der Waals surface area contributed by atoms with Crippen LogP contribution in [0.15, 0.2) is 0 Å². The Kier molecular flexibility index (Phi) is 11.9. The first-order chi connectivity index (χ1) is 13.2. The van der Waals surface area contributed by atoms with E-state index in [2.05, 4.69) is 25.6 Å². The van der Waals surface area contributed by atoms with Crippen LogP contribution in [0, 0.1) is 0 Å². The number of thioether (sulfide) groups is 1. The van der Waals surface area contributed by atoms with E-state index < -0.39 is 0 Å². The van der Waals surface area contributed by atoms with E-state index in [-0.39, 0.29) is 0 Å². The Balaban J connectivity index is 1.78. The average molecular weight is 395 g/mol. The summed E-state index contributed by atoms with van der Waals surface area (Å²) < 4.78 is 1.36. The van der Waals surface area contributed by atoms with E-state index >= 15 is 0 Å². The van der Waals surface area contributed by atoms with Gasteiger partial charge in [0.2, 0.25) is 0 Å². The van der Waals surface area contributed by atoms with Crippen LogP contribution in [-0.4, -0.2) is 9.49 Å². The van der Waals surface area contributed by atoms with Crippen LogP contribution in [0.3, 0.4) is 0 Å². The lowest BCUT2D eigenvalue weighted by atomic mass is 9.96. The summed E-state index contributed by atoms with van der Waals surface area (Å²) in [6.07, 6.45) is 32.8. The summed E-state index contributed by atoms with van der Waals surface area (Å²) in [7, 11) is 0. The van der Waals surface area contributed by atoms with Crippen molar-refractivity contribution in [1.82, 2.24) is 0 Å². The monoisotopic (exact) mass is 394 g/mol. The van der Waals surface area contributed by atoms with Crippen molar-refractivity contribution in [1.29, 1.82) is 0 Å². The fourth-order valence-corrected chi connectivity index (χ4v) is 8.16. The molecule has 0 saturated heterocycles. The van der Waals surface area contributed by atoms with Gasteiger partial charge >= 0.3 is 0 Å². The molecule has 0 radical (unpaired) electrons. The summed E-state index contributed by atoms with van der Waals surface area (Å²) in [6, 6.07) is 0. The van der Waals surface area contributed by atoms with Gasteiger partial charge < -0.3 is 0 Å². The van der Waals surface area contributed by atoms with Crippen LogP contribution in [0.4, 0.5) is 0 Å². The molecular formula is C26H50S. The van der Waals surface area contributed by atoms with Crippen LogP contribution < -0.4 is 0 Å². The Morgan fingerprint density at radius 3 is 1.19 bits per heavy atom. The van der Waals surface area contributed by atoms with E-state index in [9.17, 15) is 0 Å². The predicted octanol–water partition coefficient (Wildman–Crippen LogP) is 9.85. The summed E-state index contributed by atoms with van der Waals surface area (Å²) in [5, 5.41) is 0. The second-order valence-corrected chi connectivity index (χ2v) is 11.9. The van der Waals surface area contributed by atoms with Gasteiger partial charge in [0.1, 0.15) is 0 Å². The molecule has 0 atom stereocenters. The molecule has 2 fully saturated rings. The van der Waals surface area contributed by atoms with Crippen molar-refractivity contribution in [3.05, 3.63) is 0 Å². The number of hydrogen-bond donors (Lipinski definition) is 0. The maximum Gasteiger partial charge on any atom is 0.0165 e. The maximum absolute atomic E-state index is 2.55. The molecule has 0 aromatic rings. The lowest BCUT2D eigenvalue weighted by molar-refractivity contribution is 0.467. The molecule has 2 aliphatic carbocycles. The molecule has 2 aliphatic rings. The first kappa shape index (κ1) is 23.6. The summed E-state index contributed by atoms with van der Waals surface area (Å²) in [5.74, 6) is 0. The van der Waals surface area contributed by atoms with Crippen LogP contribution in [-0.2, 0) is 0 Å². The second-order valence-electron chi connectivity index (χ2n) is 9.92. The highest BCUT2D eigenvalue weighted by atomic mass is 32.2. The summed E-state index contributed by atoms with van der Waals surface area (Å²) >= 11 is 2.55. The van der Waals surface area contributed by atoms with Crippen LogP contribution in [0.1, 0.15) is 155 Å². The molecule has 0 spiro atoms. The van der Waals surface area contributed by atoms with Crippen LogP contribution in [0.5, 0.6) is 0 Å². The largest absolute Gasteiger partial charge is 0.148 e. The van der Waals surface area contributed by atoms with Gasteiger partial charge in [0.25, 0.3) is 0 Å². The Morgan fingerprint density at radius 1 is 0.481 bits per heavy atom. The molecule has 27 heavy (non-hydrogen) atoms. The zero-order chi connectivity index (χ0) is 19.3. The Bertz CT molecular complexity index is 315. The first-order valence-electron chi connectivity index (χ1n) is 12.9.